The Morgan fingerprint density at radius 1 is 1.08 bits per heavy atom. The number of rotatable bonds is 3. The molecule has 25 heavy (non-hydrogen) atoms. The highest BCUT2D eigenvalue weighted by Gasteiger charge is 2.25. The lowest BCUT2D eigenvalue weighted by Gasteiger charge is -2.31. The van der Waals surface area contributed by atoms with Crippen molar-refractivity contribution in [3.8, 4) is 0 Å². The number of hydrogen-bond acceptors (Lipinski definition) is 3. The molecule has 4 rings (SSSR count). The highest BCUT2D eigenvalue weighted by Crippen LogP contribution is 2.26. The van der Waals surface area contributed by atoms with Crippen molar-refractivity contribution in [2.24, 2.45) is 5.92 Å². The number of fused-ring (bicyclic) bond motifs is 1. The van der Waals surface area contributed by atoms with E-state index in [-0.39, 0.29) is 5.91 Å². The lowest BCUT2D eigenvalue weighted by Crippen LogP contribution is -2.38. The molecule has 0 radical (unpaired) electrons. The first-order chi connectivity index (χ1) is 12.2. The summed E-state index contributed by atoms with van der Waals surface area (Å²) in [5.74, 6) is 1.02. The molecular formula is C21H22N2O2. The average Bonchev–Trinajstić information content (AvgIpc) is 3.06. The van der Waals surface area contributed by atoms with Gasteiger partial charge in [-0.15, -0.1) is 0 Å². The third-order valence-electron chi connectivity index (χ3n) is 5.02. The van der Waals surface area contributed by atoms with Crippen LogP contribution in [0.3, 0.4) is 0 Å². The number of nitrogens with zero attached hydrogens (tertiary/aromatic N) is 1. The van der Waals surface area contributed by atoms with E-state index < -0.39 is 0 Å². The van der Waals surface area contributed by atoms with Crippen LogP contribution in [-0.2, 0) is 6.42 Å². The van der Waals surface area contributed by atoms with Gasteiger partial charge < -0.3 is 15.1 Å². The van der Waals surface area contributed by atoms with Crippen LogP contribution in [-0.4, -0.2) is 23.9 Å². The van der Waals surface area contributed by atoms with Crippen LogP contribution >= 0.6 is 0 Å². The maximum atomic E-state index is 12.7. The minimum absolute atomic E-state index is 0.0204. The topological polar surface area (TPSA) is 59.5 Å². The average molecular weight is 334 g/mol. The van der Waals surface area contributed by atoms with Crippen molar-refractivity contribution in [1.29, 1.82) is 0 Å². The molecule has 1 aliphatic heterocycles. The second kappa shape index (κ2) is 6.63. The molecular weight excluding hydrogens is 312 g/mol. The molecule has 1 amide bonds. The minimum atomic E-state index is -0.0204. The fourth-order valence-electron chi connectivity index (χ4n) is 3.61. The molecule has 4 heteroatoms. The zero-order valence-electron chi connectivity index (χ0n) is 14.2. The standard InChI is InChI=1S/C21H22N2O2/c22-18-6-7-19-17(13-18)14-20(25-19)21(24)23-10-8-16(9-11-23)12-15-4-2-1-3-5-15/h1-7,13-14,16H,8-12,22H2. The van der Waals surface area contributed by atoms with E-state index >= 15 is 0 Å². The van der Waals surface area contributed by atoms with Gasteiger partial charge in [-0.2, -0.15) is 0 Å². The third-order valence-corrected chi connectivity index (χ3v) is 5.02. The molecule has 128 valence electrons. The Balaban J connectivity index is 1.40. The summed E-state index contributed by atoms with van der Waals surface area (Å²) in [7, 11) is 0. The molecule has 2 heterocycles. The minimum Gasteiger partial charge on any atom is -0.451 e. The number of benzene rings is 2. The number of nitrogens with two attached hydrogens (primary N) is 1. The maximum Gasteiger partial charge on any atom is 0.289 e. The van der Waals surface area contributed by atoms with E-state index in [0.29, 0.717) is 22.9 Å². The van der Waals surface area contributed by atoms with Gasteiger partial charge in [0.25, 0.3) is 5.91 Å². The van der Waals surface area contributed by atoms with Gasteiger partial charge in [-0.3, -0.25) is 4.79 Å². The smallest absolute Gasteiger partial charge is 0.289 e. The van der Waals surface area contributed by atoms with E-state index in [1.54, 1.807) is 12.1 Å². The molecule has 1 saturated heterocycles. The highest BCUT2D eigenvalue weighted by molar-refractivity contribution is 5.96. The number of carbonyl (C=O) groups excluding carboxylic acids is 1. The predicted molar refractivity (Wildman–Crippen MR) is 99.4 cm³/mol. The van der Waals surface area contributed by atoms with Gasteiger partial charge in [-0.1, -0.05) is 30.3 Å². The molecule has 0 saturated carbocycles. The van der Waals surface area contributed by atoms with Crippen molar-refractivity contribution < 1.29 is 9.21 Å². The molecule has 2 N–H and O–H groups in total. The first kappa shape index (κ1) is 15.8. The molecule has 1 aromatic heterocycles. The van der Waals surface area contributed by atoms with Gasteiger partial charge in [0, 0.05) is 24.2 Å². The van der Waals surface area contributed by atoms with Crippen LogP contribution in [0.4, 0.5) is 5.69 Å². The van der Waals surface area contributed by atoms with Crippen LogP contribution in [0.2, 0.25) is 0 Å². The Hall–Kier alpha value is -2.75. The van der Waals surface area contributed by atoms with Crippen LogP contribution < -0.4 is 5.73 Å². The SMILES string of the molecule is Nc1ccc2oc(C(=O)N3CCC(Cc4ccccc4)CC3)cc2c1. The van der Waals surface area contributed by atoms with Crippen molar-refractivity contribution >= 4 is 22.6 Å². The molecule has 0 unspecified atom stereocenters. The molecule has 1 aliphatic rings. The maximum absolute atomic E-state index is 12.7. The molecule has 2 aromatic carbocycles. The Bertz CT molecular complexity index is 877. The zero-order valence-corrected chi connectivity index (χ0v) is 14.2. The van der Waals surface area contributed by atoms with Crippen LogP contribution in [0.1, 0.15) is 29.0 Å². The van der Waals surface area contributed by atoms with Crippen molar-refractivity contribution in [2.45, 2.75) is 19.3 Å². The summed E-state index contributed by atoms with van der Waals surface area (Å²) in [6.45, 7) is 1.57. The van der Waals surface area contributed by atoms with Crippen LogP contribution in [0.25, 0.3) is 11.0 Å². The zero-order chi connectivity index (χ0) is 17.2. The van der Waals surface area contributed by atoms with E-state index in [4.69, 9.17) is 10.2 Å². The van der Waals surface area contributed by atoms with Crippen molar-refractivity contribution in [1.82, 2.24) is 4.90 Å². The quantitative estimate of drug-likeness (QED) is 0.733. The predicted octanol–water partition coefficient (Wildman–Crippen LogP) is 4.11. The first-order valence-corrected chi connectivity index (χ1v) is 8.81. The Labute approximate surface area is 147 Å². The summed E-state index contributed by atoms with van der Waals surface area (Å²) in [5.41, 5.74) is 8.55. The summed E-state index contributed by atoms with van der Waals surface area (Å²) in [5, 5.41) is 0.877. The number of piperidine rings is 1. The molecule has 3 aromatic rings. The number of anilines is 1. The Morgan fingerprint density at radius 2 is 1.84 bits per heavy atom. The van der Waals surface area contributed by atoms with Crippen LogP contribution in [0, 0.1) is 5.92 Å². The second-order valence-electron chi connectivity index (χ2n) is 6.83. The summed E-state index contributed by atoms with van der Waals surface area (Å²) in [6, 6.07) is 17.8. The number of carbonyl (C=O) groups is 1. The number of likely N-dealkylation sites (tertiary alicyclic amines) is 1. The van der Waals surface area contributed by atoms with Gasteiger partial charge in [-0.25, -0.2) is 0 Å². The van der Waals surface area contributed by atoms with E-state index in [0.717, 1.165) is 37.7 Å². The van der Waals surface area contributed by atoms with Crippen LogP contribution in [0.15, 0.2) is 59.0 Å². The van der Waals surface area contributed by atoms with Gasteiger partial charge in [0.15, 0.2) is 5.76 Å². The van der Waals surface area contributed by atoms with E-state index in [9.17, 15) is 4.79 Å². The lowest BCUT2D eigenvalue weighted by molar-refractivity contribution is 0.0661. The van der Waals surface area contributed by atoms with Crippen LogP contribution in [0.5, 0.6) is 0 Å². The summed E-state index contributed by atoms with van der Waals surface area (Å²) in [4.78, 5) is 14.6. The summed E-state index contributed by atoms with van der Waals surface area (Å²) >= 11 is 0. The number of hydrogen-bond donors (Lipinski definition) is 1. The number of amides is 1. The number of furan rings is 1. The molecule has 0 aliphatic carbocycles. The second-order valence-corrected chi connectivity index (χ2v) is 6.83. The molecule has 0 atom stereocenters. The molecule has 0 bridgehead atoms. The van der Waals surface area contributed by atoms with Gasteiger partial charge in [0.1, 0.15) is 5.58 Å². The fraction of sp³-hybridized carbons (Fsp3) is 0.286. The Kier molecular flexibility index (Phi) is 4.18. The fourth-order valence-corrected chi connectivity index (χ4v) is 3.61. The normalized spacial score (nSPS) is 15.6. The Morgan fingerprint density at radius 3 is 2.60 bits per heavy atom. The highest BCUT2D eigenvalue weighted by atomic mass is 16.3. The van der Waals surface area contributed by atoms with E-state index in [2.05, 4.69) is 24.3 Å². The van der Waals surface area contributed by atoms with E-state index in [1.807, 2.05) is 23.1 Å². The van der Waals surface area contributed by atoms with Gasteiger partial charge in [0.05, 0.1) is 0 Å². The van der Waals surface area contributed by atoms with Crippen molar-refractivity contribution in [2.75, 3.05) is 18.8 Å². The summed E-state index contributed by atoms with van der Waals surface area (Å²) in [6.07, 6.45) is 3.16. The third kappa shape index (κ3) is 3.38. The van der Waals surface area contributed by atoms with Crippen molar-refractivity contribution in [3.05, 3.63) is 65.9 Å². The van der Waals surface area contributed by atoms with Gasteiger partial charge >= 0.3 is 0 Å². The van der Waals surface area contributed by atoms with Crippen molar-refractivity contribution in [3.63, 3.8) is 0 Å². The summed E-state index contributed by atoms with van der Waals surface area (Å²) < 4.78 is 5.71. The molecule has 0 spiro atoms. The monoisotopic (exact) mass is 334 g/mol. The molecule has 1 fully saturated rings. The largest absolute Gasteiger partial charge is 0.451 e. The van der Waals surface area contributed by atoms with Gasteiger partial charge in [-0.05, 0) is 55.0 Å². The first-order valence-electron chi connectivity index (χ1n) is 8.81. The number of nitrogen functional groups attached to an aromatic ring is 1. The van der Waals surface area contributed by atoms with E-state index in [1.165, 1.54) is 5.56 Å². The molecule has 4 nitrogen and oxygen atoms in total. The van der Waals surface area contributed by atoms with Gasteiger partial charge in [0.2, 0.25) is 0 Å². The lowest BCUT2D eigenvalue weighted by atomic mass is 9.90.